The molecule has 1 unspecified atom stereocenters. The van der Waals surface area contributed by atoms with Gasteiger partial charge in [-0.15, -0.1) is 11.3 Å². The Morgan fingerprint density at radius 3 is 2.31 bits per heavy atom. The third-order valence-corrected chi connectivity index (χ3v) is 8.82. The van der Waals surface area contributed by atoms with Crippen LogP contribution in [0.15, 0.2) is 66.9 Å². The number of nitrogens with one attached hydrogen (secondary N) is 3. The van der Waals surface area contributed by atoms with E-state index in [2.05, 4.69) is 50.1 Å². The van der Waals surface area contributed by atoms with Crippen LogP contribution in [0.4, 0.5) is 22.3 Å². The van der Waals surface area contributed by atoms with Crippen LogP contribution in [0.5, 0.6) is 11.5 Å². The number of likely N-dealkylation sites (tertiary alicyclic amines) is 1. The van der Waals surface area contributed by atoms with Gasteiger partial charge in [0.25, 0.3) is 0 Å². The van der Waals surface area contributed by atoms with E-state index in [0.29, 0.717) is 18.6 Å². The minimum absolute atomic E-state index is 0.570. The zero-order valence-corrected chi connectivity index (χ0v) is 25.1. The second-order valence-electron chi connectivity index (χ2n) is 11.0. The highest BCUT2D eigenvalue weighted by atomic mass is 32.1. The normalized spacial score (nSPS) is 16.9. The molecule has 2 saturated heterocycles. The third kappa shape index (κ3) is 7.79. The summed E-state index contributed by atoms with van der Waals surface area (Å²) in [7, 11) is 0. The molecule has 4 aromatic rings. The number of aromatic nitrogens is 2. The first-order valence-corrected chi connectivity index (χ1v) is 15.9. The molecule has 0 amide bonds. The number of nitrogens with zero attached hydrogens (tertiary/aromatic N) is 3. The minimum Gasteiger partial charge on any atom is -0.494 e. The Balaban J connectivity index is 1.01. The molecule has 0 aliphatic carbocycles. The second-order valence-corrected chi connectivity index (χ2v) is 12.1. The summed E-state index contributed by atoms with van der Waals surface area (Å²) < 4.78 is 11.9. The lowest BCUT2D eigenvalue weighted by atomic mass is 10.2. The SMILES string of the molecule is Cc1cnc(Nc2ccc(OCCN3CCCC3)cc2)nc1-c1ccc(Nc2ccc(OCCC3CCCN3)cc2)s1. The molecule has 42 heavy (non-hydrogen) atoms. The molecule has 4 heterocycles. The zero-order chi connectivity index (χ0) is 28.6. The minimum atomic E-state index is 0.570. The summed E-state index contributed by atoms with van der Waals surface area (Å²) >= 11 is 1.67. The van der Waals surface area contributed by atoms with E-state index in [9.17, 15) is 0 Å². The lowest BCUT2D eigenvalue weighted by molar-refractivity contribution is 0.238. The molecule has 0 radical (unpaired) electrons. The van der Waals surface area contributed by atoms with Gasteiger partial charge in [0.1, 0.15) is 18.1 Å². The molecular formula is C33H40N6O2S. The molecule has 3 N–H and O–H groups in total. The van der Waals surface area contributed by atoms with Crippen molar-refractivity contribution in [2.24, 2.45) is 0 Å². The first kappa shape index (κ1) is 28.5. The Hall–Kier alpha value is -3.66. The molecule has 0 saturated carbocycles. The summed E-state index contributed by atoms with van der Waals surface area (Å²) in [6.07, 6.45) is 8.05. The van der Waals surface area contributed by atoms with E-state index in [1.54, 1.807) is 11.3 Å². The van der Waals surface area contributed by atoms with Crippen LogP contribution >= 0.6 is 11.3 Å². The van der Waals surface area contributed by atoms with E-state index in [1.165, 1.54) is 38.8 Å². The van der Waals surface area contributed by atoms with Crippen LogP contribution in [-0.2, 0) is 0 Å². The first-order valence-electron chi connectivity index (χ1n) is 15.1. The largest absolute Gasteiger partial charge is 0.494 e. The van der Waals surface area contributed by atoms with Gasteiger partial charge in [0, 0.05) is 30.2 Å². The Labute approximate surface area is 252 Å². The molecule has 2 aliphatic rings. The maximum absolute atomic E-state index is 5.95. The zero-order valence-electron chi connectivity index (χ0n) is 24.3. The van der Waals surface area contributed by atoms with Crippen molar-refractivity contribution in [3.8, 4) is 22.1 Å². The van der Waals surface area contributed by atoms with Crippen molar-refractivity contribution in [2.75, 3.05) is 50.0 Å². The number of aryl methyl sites for hydroxylation is 1. The molecular weight excluding hydrogens is 544 g/mol. The van der Waals surface area contributed by atoms with Gasteiger partial charge in [0.15, 0.2) is 0 Å². The van der Waals surface area contributed by atoms with Crippen molar-refractivity contribution in [2.45, 2.75) is 45.1 Å². The molecule has 0 bridgehead atoms. The van der Waals surface area contributed by atoms with E-state index < -0.39 is 0 Å². The second kappa shape index (κ2) is 14.0. The number of hydrogen-bond donors (Lipinski definition) is 3. The predicted molar refractivity (Wildman–Crippen MR) is 172 cm³/mol. The van der Waals surface area contributed by atoms with Gasteiger partial charge < -0.3 is 25.4 Å². The van der Waals surface area contributed by atoms with Gasteiger partial charge in [0.2, 0.25) is 5.95 Å². The van der Waals surface area contributed by atoms with Crippen molar-refractivity contribution < 1.29 is 9.47 Å². The standard InChI is InChI=1S/C33H40N6O2S/c1-24-23-35-33(37-27-8-12-29(13-9-27)41-22-20-39-18-2-3-19-39)38-32(24)30-14-15-31(42-30)36-26-6-10-28(11-7-26)40-21-16-25-5-4-17-34-25/h6-15,23,25,34,36H,2-5,16-22H2,1H3,(H,35,37,38). The maximum atomic E-state index is 5.95. The highest BCUT2D eigenvalue weighted by molar-refractivity contribution is 7.19. The number of rotatable bonds is 13. The van der Waals surface area contributed by atoms with E-state index in [0.717, 1.165) is 70.1 Å². The Bertz CT molecular complexity index is 1410. The summed E-state index contributed by atoms with van der Waals surface area (Å²) in [5.41, 5.74) is 3.91. The molecule has 2 aromatic carbocycles. The molecule has 9 heteroatoms. The summed E-state index contributed by atoms with van der Waals surface area (Å²) in [5.74, 6) is 2.35. The van der Waals surface area contributed by atoms with Gasteiger partial charge in [-0.05, 0) is 125 Å². The van der Waals surface area contributed by atoms with Gasteiger partial charge in [-0.3, -0.25) is 4.90 Å². The van der Waals surface area contributed by atoms with E-state index in [-0.39, 0.29) is 0 Å². The Morgan fingerprint density at radius 1 is 0.881 bits per heavy atom. The van der Waals surface area contributed by atoms with Gasteiger partial charge in [-0.2, -0.15) is 0 Å². The van der Waals surface area contributed by atoms with Gasteiger partial charge in [-0.1, -0.05) is 0 Å². The Morgan fingerprint density at radius 2 is 1.60 bits per heavy atom. The number of ether oxygens (including phenoxy) is 2. The number of benzene rings is 2. The average Bonchev–Trinajstić information content (AvgIpc) is 3.80. The molecule has 1 atom stereocenters. The van der Waals surface area contributed by atoms with E-state index >= 15 is 0 Å². The fourth-order valence-electron chi connectivity index (χ4n) is 5.45. The topological polar surface area (TPSA) is 83.6 Å². The van der Waals surface area contributed by atoms with Crippen molar-refractivity contribution in [3.05, 3.63) is 72.4 Å². The molecule has 220 valence electrons. The number of anilines is 4. The van der Waals surface area contributed by atoms with Crippen LogP contribution in [0.1, 0.15) is 37.7 Å². The van der Waals surface area contributed by atoms with Gasteiger partial charge >= 0.3 is 0 Å². The van der Waals surface area contributed by atoms with Crippen molar-refractivity contribution in [3.63, 3.8) is 0 Å². The average molecular weight is 585 g/mol. The molecule has 0 spiro atoms. The lowest BCUT2D eigenvalue weighted by Crippen LogP contribution is -2.25. The van der Waals surface area contributed by atoms with E-state index in [4.69, 9.17) is 14.5 Å². The van der Waals surface area contributed by atoms with E-state index in [1.807, 2.05) is 49.5 Å². The Kier molecular flexibility index (Phi) is 9.49. The lowest BCUT2D eigenvalue weighted by Gasteiger charge is -2.15. The molecule has 2 aliphatic heterocycles. The summed E-state index contributed by atoms with van der Waals surface area (Å²) in [5, 5.41) is 11.4. The summed E-state index contributed by atoms with van der Waals surface area (Å²) in [4.78, 5) is 12.9. The van der Waals surface area contributed by atoms with Crippen molar-refractivity contribution in [1.82, 2.24) is 20.2 Å². The van der Waals surface area contributed by atoms with Crippen LogP contribution in [0.25, 0.3) is 10.6 Å². The summed E-state index contributed by atoms with van der Waals surface area (Å²) in [6, 6.07) is 21.0. The smallest absolute Gasteiger partial charge is 0.227 e. The fraction of sp³-hybridized carbons (Fsp3) is 0.394. The van der Waals surface area contributed by atoms with Crippen LogP contribution in [-0.4, -0.2) is 60.3 Å². The van der Waals surface area contributed by atoms with Crippen LogP contribution < -0.4 is 25.4 Å². The predicted octanol–water partition coefficient (Wildman–Crippen LogP) is 7.00. The van der Waals surface area contributed by atoms with Gasteiger partial charge in [-0.25, -0.2) is 9.97 Å². The quantitative estimate of drug-likeness (QED) is 0.155. The molecule has 6 rings (SSSR count). The third-order valence-electron chi connectivity index (χ3n) is 7.82. The van der Waals surface area contributed by atoms with Crippen LogP contribution in [0, 0.1) is 6.92 Å². The number of thiophene rings is 1. The van der Waals surface area contributed by atoms with Crippen molar-refractivity contribution >= 4 is 33.7 Å². The summed E-state index contributed by atoms with van der Waals surface area (Å²) in [6.45, 7) is 8.00. The molecule has 2 aromatic heterocycles. The van der Waals surface area contributed by atoms with Crippen LogP contribution in [0.2, 0.25) is 0 Å². The fourth-order valence-corrected chi connectivity index (χ4v) is 6.43. The van der Waals surface area contributed by atoms with Crippen LogP contribution in [0.3, 0.4) is 0 Å². The maximum Gasteiger partial charge on any atom is 0.227 e. The molecule has 2 fully saturated rings. The van der Waals surface area contributed by atoms with Gasteiger partial charge in [0.05, 0.1) is 22.2 Å². The first-order chi connectivity index (χ1) is 20.7. The number of hydrogen-bond acceptors (Lipinski definition) is 9. The van der Waals surface area contributed by atoms with Crippen molar-refractivity contribution in [1.29, 1.82) is 0 Å². The highest BCUT2D eigenvalue weighted by Gasteiger charge is 2.14. The monoisotopic (exact) mass is 584 g/mol. The molecule has 8 nitrogen and oxygen atoms in total. The highest BCUT2D eigenvalue weighted by Crippen LogP contribution is 2.34.